The summed E-state index contributed by atoms with van der Waals surface area (Å²) < 4.78 is 4.85. The topological polar surface area (TPSA) is 55.3 Å². The molecule has 1 aromatic heterocycles. The van der Waals surface area contributed by atoms with Crippen LogP contribution in [0.15, 0.2) is 10.8 Å². The molecule has 2 N–H and O–H groups in total. The molecule has 68 valence electrons. The van der Waals surface area contributed by atoms with Crippen LogP contribution in [0.1, 0.15) is 19.4 Å². The molecule has 0 atom stereocenters. The molecule has 0 aliphatic heterocycles. The van der Waals surface area contributed by atoms with Crippen LogP contribution in [0, 0.1) is 0 Å². The first-order chi connectivity index (χ1) is 5.83. The highest BCUT2D eigenvalue weighted by Crippen LogP contribution is 2.16. The molecule has 0 unspecified atom stereocenters. The van der Waals surface area contributed by atoms with Gasteiger partial charge in [0, 0.05) is 25.2 Å². The van der Waals surface area contributed by atoms with E-state index in [1.807, 2.05) is 0 Å². The summed E-state index contributed by atoms with van der Waals surface area (Å²) >= 11 is 0. The first-order valence-corrected chi connectivity index (χ1v) is 4.21. The zero-order chi connectivity index (χ0) is 8.97. The van der Waals surface area contributed by atoms with Crippen molar-refractivity contribution in [1.29, 1.82) is 0 Å². The van der Waals surface area contributed by atoms with Gasteiger partial charge in [0.05, 0.1) is 0 Å². The number of aromatic nitrogens is 1. The summed E-state index contributed by atoms with van der Waals surface area (Å²) in [6.07, 6.45) is 1.60. The van der Waals surface area contributed by atoms with Crippen LogP contribution in [0.25, 0.3) is 0 Å². The van der Waals surface area contributed by atoms with Gasteiger partial charge in [-0.1, -0.05) is 5.16 Å². The van der Waals surface area contributed by atoms with Crippen LogP contribution in [-0.4, -0.2) is 18.2 Å². The predicted molar refractivity (Wildman–Crippen MR) is 48.0 cm³/mol. The largest absolute Gasteiger partial charge is 0.362 e. The number of anilines is 1. The van der Waals surface area contributed by atoms with Crippen LogP contribution in [-0.2, 0) is 6.54 Å². The number of rotatable bonds is 4. The molecule has 12 heavy (non-hydrogen) atoms. The second-order valence-electron chi connectivity index (χ2n) is 2.54. The van der Waals surface area contributed by atoms with Crippen LogP contribution in [0.3, 0.4) is 0 Å². The van der Waals surface area contributed by atoms with Gasteiger partial charge in [0.1, 0.15) is 6.26 Å². The van der Waals surface area contributed by atoms with E-state index in [1.54, 1.807) is 6.26 Å². The number of nitrogens with two attached hydrogens (primary N) is 1. The highest BCUT2D eigenvalue weighted by molar-refractivity contribution is 5.44. The fourth-order valence-electron chi connectivity index (χ4n) is 1.17. The van der Waals surface area contributed by atoms with Crippen molar-refractivity contribution in [3.05, 3.63) is 11.8 Å². The van der Waals surface area contributed by atoms with Gasteiger partial charge in [-0.15, -0.1) is 0 Å². The Morgan fingerprint density at radius 3 is 2.67 bits per heavy atom. The smallest absolute Gasteiger partial charge is 0.176 e. The van der Waals surface area contributed by atoms with Crippen molar-refractivity contribution in [1.82, 2.24) is 5.16 Å². The van der Waals surface area contributed by atoms with Crippen LogP contribution in [0.5, 0.6) is 0 Å². The van der Waals surface area contributed by atoms with E-state index < -0.39 is 0 Å². The third-order valence-corrected chi connectivity index (χ3v) is 1.90. The maximum absolute atomic E-state index is 5.52. The Morgan fingerprint density at radius 1 is 1.50 bits per heavy atom. The van der Waals surface area contributed by atoms with Gasteiger partial charge in [0.15, 0.2) is 5.82 Å². The van der Waals surface area contributed by atoms with Crippen molar-refractivity contribution >= 4 is 5.82 Å². The molecule has 0 aromatic carbocycles. The highest BCUT2D eigenvalue weighted by atomic mass is 16.5. The lowest BCUT2D eigenvalue weighted by atomic mass is 10.3. The molecule has 0 aliphatic rings. The van der Waals surface area contributed by atoms with Crippen LogP contribution >= 0.6 is 0 Å². The molecule has 0 radical (unpaired) electrons. The first-order valence-electron chi connectivity index (χ1n) is 4.21. The lowest BCUT2D eigenvalue weighted by Crippen LogP contribution is -2.23. The lowest BCUT2D eigenvalue weighted by molar-refractivity contribution is 0.418. The molecule has 0 saturated carbocycles. The van der Waals surface area contributed by atoms with E-state index in [1.165, 1.54) is 0 Å². The first kappa shape index (κ1) is 9.06. The monoisotopic (exact) mass is 169 g/mol. The van der Waals surface area contributed by atoms with E-state index in [0.717, 1.165) is 24.5 Å². The summed E-state index contributed by atoms with van der Waals surface area (Å²) in [6, 6.07) is 0. The molecule has 0 bridgehead atoms. The lowest BCUT2D eigenvalue weighted by Gasteiger charge is -2.17. The Balaban J connectivity index is 2.83. The summed E-state index contributed by atoms with van der Waals surface area (Å²) in [4.78, 5) is 2.12. The summed E-state index contributed by atoms with van der Waals surface area (Å²) in [5.41, 5.74) is 6.49. The molecule has 1 heterocycles. The van der Waals surface area contributed by atoms with Gasteiger partial charge in [-0.05, 0) is 13.8 Å². The van der Waals surface area contributed by atoms with E-state index in [2.05, 4.69) is 23.9 Å². The standard InChI is InChI=1S/C8H15N3O/c1-3-11(4-2)8-7(5-9)6-12-10-8/h6H,3-5,9H2,1-2H3. The Bertz CT molecular complexity index is 230. The molecule has 0 saturated heterocycles. The molecule has 1 aromatic rings. The maximum Gasteiger partial charge on any atom is 0.176 e. The van der Waals surface area contributed by atoms with Crippen molar-refractivity contribution in [3.63, 3.8) is 0 Å². The van der Waals surface area contributed by atoms with Crippen molar-refractivity contribution < 1.29 is 4.52 Å². The predicted octanol–water partition coefficient (Wildman–Crippen LogP) is 0.980. The van der Waals surface area contributed by atoms with Gasteiger partial charge in [-0.3, -0.25) is 0 Å². The van der Waals surface area contributed by atoms with Crippen molar-refractivity contribution in [2.75, 3.05) is 18.0 Å². The molecule has 1 rings (SSSR count). The summed E-state index contributed by atoms with van der Waals surface area (Å²) in [5, 5.41) is 3.90. The fraction of sp³-hybridized carbons (Fsp3) is 0.625. The third-order valence-electron chi connectivity index (χ3n) is 1.90. The number of hydrogen-bond acceptors (Lipinski definition) is 4. The van der Waals surface area contributed by atoms with Crippen LogP contribution in [0.4, 0.5) is 5.82 Å². The van der Waals surface area contributed by atoms with Crippen LogP contribution in [0.2, 0.25) is 0 Å². The van der Waals surface area contributed by atoms with Gasteiger partial charge < -0.3 is 15.2 Å². The molecule has 0 spiro atoms. The maximum atomic E-state index is 5.52. The fourth-order valence-corrected chi connectivity index (χ4v) is 1.17. The van der Waals surface area contributed by atoms with E-state index in [-0.39, 0.29) is 0 Å². The molecule has 0 fully saturated rings. The average Bonchev–Trinajstić information content (AvgIpc) is 2.55. The van der Waals surface area contributed by atoms with Crippen molar-refractivity contribution in [2.24, 2.45) is 5.73 Å². The van der Waals surface area contributed by atoms with Gasteiger partial charge >= 0.3 is 0 Å². The Hall–Kier alpha value is -1.03. The molecule has 0 amide bonds. The van der Waals surface area contributed by atoms with Crippen LogP contribution < -0.4 is 10.6 Å². The molecular formula is C8H15N3O. The summed E-state index contributed by atoms with van der Waals surface area (Å²) in [6.45, 7) is 6.50. The highest BCUT2D eigenvalue weighted by Gasteiger charge is 2.10. The minimum Gasteiger partial charge on any atom is -0.362 e. The second-order valence-corrected chi connectivity index (χ2v) is 2.54. The van der Waals surface area contributed by atoms with Gasteiger partial charge in [-0.2, -0.15) is 0 Å². The second kappa shape index (κ2) is 4.11. The summed E-state index contributed by atoms with van der Waals surface area (Å²) in [5.74, 6) is 0.877. The molecular weight excluding hydrogens is 154 g/mol. The van der Waals surface area contributed by atoms with E-state index in [4.69, 9.17) is 10.3 Å². The Kier molecular flexibility index (Phi) is 3.10. The van der Waals surface area contributed by atoms with Crippen molar-refractivity contribution in [3.8, 4) is 0 Å². The SMILES string of the molecule is CCN(CC)c1nocc1CN. The average molecular weight is 169 g/mol. The van der Waals surface area contributed by atoms with E-state index in [0.29, 0.717) is 6.54 Å². The zero-order valence-electron chi connectivity index (χ0n) is 7.58. The van der Waals surface area contributed by atoms with E-state index in [9.17, 15) is 0 Å². The minimum atomic E-state index is 0.481. The quantitative estimate of drug-likeness (QED) is 0.730. The molecule has 4 heteroatoms. The van der Waals surface area contributed by atoms with E-state index >= 15 is 0 Å². The van der Waals surface area contributed by atoms with Crippen molar-refractivity contribution in [2.45, 2.75) is 20.4 Å². The Labute approximate surface area is 72.3 Å². The molecule has 0 aliphatic carbocycles. The summed E-state index contributed by atoms with van der Waals surface area (Å²) in [7, 11) is 0. The normalized spacial score (nSPS) is 10.2. The Morgan fingerprint density at radius 2 is 2.17 bits per heavy atom. The number of hydrogen-bond donors (Lipinski definition) is 1. The van der Waals surface area contributed by atoms with Gasteiger partial charge in [0.25, 0.3) is 0 Å². The zero-order valence-corrected chi connectivity index (χ0v) is 7.58. The van der Waals surface area contributed by atoms with Gasteiger partial charge in [0.2, 0.25) is 0 Å². The third kappa shape index (κ3) is 1.58. The minimum absolute atomic E-state index is 0.481. The number of nitrogens with zero attached hydrogens (tertiary/aromatic N) is 2. The molecule has 4 nitrogen and oxygen atoms in total. The van der Waals surface area contributed by atoms with Gasteiger partial charge in [-0.25, -0.2) is 0 Å².